The molecule has 1 heterocycles. The van der Waals surface area contributed by atoms with Gasteiger partial charge in [0.2, 0.25) is 11.7 Å². The summed E-state index contributed by atoms with van der Waals surface area (Å²) >= 11 is 0. The molecule has 0 aromatic heterocycles. The number of hydrogen-bond donors (Lipinski definition) is 2. The predicted octanol–water partition coefficient (Wildman–Crippen LogP) is 0.0982. The number of sulfone groups is 1. The van der Waals surface area contributed by atoms with Gasteiger partial charge < -0.3 is 5.73 Å². The second kappa shape index (κ2) is 4.82. The quantitative estimate of drug-likeness (QED) is 0.761. The van der Waals surface area contributed by atoms with E-state index in [-0.39, 0.29) is 22.6 Å². The number of rotatable bonds is 4. The summed E-state index contributed by atoms with van der Waals surface area (Å²) in [5.74, 6) is -6.71. The number of amides is 1. The van der Waals surface area contributed by atoms with Gasteiger partial charge in [-0.1, -0.05) is 6.07 Å². The van der Waals surface area contributed by atoms with E-state index in [9.17, 15) is 26.8 Å². The fraction of sp³-hybridized carbons (Fsp3) is 0.385. The van der Waals surface area contributed by atoms with Crippen molar-refractivity contribution in [3.8, 4) is 0 Å². The largest absolute Gasteiger partial charge is 0.367 e. The highest BCUT2D eigenvalue weighted by molar-refractivity contribution is 7.90. The summed E-state index contributed by atoms with van der Waals surface area (Å²) in [5.41, 5.74) is 3.06. The topological polar surface area (TPSA) is 106 Å². The maximum atomic E-state index is 13.4. The van der Waals surface area contributed by atoms with Crippen molar-refractivity contribution in [2.45, 2.75) is 29.8 Å². The first-order valence-corrected chi connectivity index (χ1v) is 8.11. The fourth-order valence-electron chi connectivity index (χ4n) is 2.50. The van der Waals surface area contributed by atoms with Crippen LogP contribution < -0.4 is 11.1 Å². The number of primary amides is 1. The minimum Gasteiger partial charge on any atom is -0.367 e. The zero-order valence-corrected chi connectivity index (χ0v) is 12.6. The van der Waals surface area contributed by atoms with E-state index in [0.29, 0.717) is 6.92 Å². The Hall–Kier alpha value is -1.87. The zero-order valence-electron chi connectivity index (χ0n) is 11.8. The third-order valence-electron chi connectivity index (χ3n) is 3.56. The van der Waals surface area contributed by atoms with Gasteiger partial charge in [-0.05, 0) is 23.3 Å². The Kier molecular flexibility index (Phi) is 3.61. The lowest BCUT2D eigenvalue weighted by Crippen LogP contribution is -2.59. The molecule has 0 radical (unpaired) electrons. The molecule has 120 valence electrons. The lowest BCUT2D eigenvalue weighted by molar-refractivity contribution is -0.152. The summed E-state index contributed by atoms with van der Waals surface area (Å²) in [6.45, 7) is 0.258. The third kappa shape index (κ3) is 2.40. The number of benzene rings is 1. The molecule has 0 spiro atoms. The Labute approximate surface area is 125 Å². The van der Waals surface area contributed by atoms with Crippen molar-refractivity contribution >= 4 is 21.5 Å². The first-order valence-electron chi connectivity index (χ1n) is 6.22. The van der Waals surface area contributed by atoms with Crippen LogP contribution in [0.3, 0.4) is 0 Å². The molecule has 9 heteroatoms. The van der Waals surface area contributed by atoms with Crippen molar-refractivity contribution in [2.24, 2.45) is 5.73 Å². The molecule has 0 aliphatic carbocycles. The first kappa shape index (κ1) is 16.5. The van der Waals surface area contributed by atoms with Crippen molar-refractivity contribution in [3.05, 3.63) is 29.3 Å². The van der Waals surface area contributed by atoms with Crippen LogP contribution in [0.2, 0.25) is 0 Å². The molecule has 0 bridgehead atoms. The van der Waals surface area contributed by atoms with Gasteiger partial charge in [-0.25, -0.2) is 8.42 Å². The van der Waals surface area contributed by atoms with Crippen LogP contribution in [0.15, 0.2) is 23.1 Å². The molecule has 1 atom stereocenters. The molecule has 3 N–H and O–H groups in total. The van der Waals surface area contributed by atoms with Crippen LogP contribution in [-0.4, -0.2) is 32.3 Å². The van der Waals surface area contributed by atoms with Gasteiger partial charge in [0.25, 0.3) is 0 Å². The van der Waals surface area contributed by atoms with E-state index in [2.05, 4.69) is 5.32 Å². The molecule has 0 fully saturated rings. The first-order chi connectivity index (χ1) is 9.90. The van der Waals surface area contributed by atoms with Gasteiger partial charge in [0.05, 0.1) is 4.90 Å². The van der Waals surface area contributed by atoms with E-state index in [1.165, 1.54) is 12.1 Å². The summed E-state index contributed by atoms with van der Waals surface area (Å²) in [4.78, 5) is 23.7. The molecule has 1 aromatic carbocycles. The molecular weight excluding hydrogens is 318 g/mol. The Morgan fingerprint density at radius 1 is 1.36 bits per heavy atom. The summed E-state index contributed by atoms with van der Waals surface area (Å²) in [6, 6.07) is 3.56. The number of carbonyl (C=O) groups excluding carboxylic acids is 2. The SMILES string of the molecule is CC(F)(F)C(=O)C1(C(N)=O)NCc2cc(S(C)(=O)=O)ccc21. The van der Waals surface area contributed by atoms with Gasteiger partial charge in [-0.3, -0.25) is 14.9 Å². The molecular formula is C13H14F2N2O4S. The van der Waals surface area contributed by atoms with Gasteiger partial charge in [0, 0.05) is 19.7 Å². The minimum absolute atomic E-state index is 0.0379. The van der Waals surface area contributed by atoms with Crippen LogP contribution in [0.4, 0.5) is 8.78 Å². The maximum Gasteiger partial charge on any atom is 0.305 e. The van der Waals surface area contributed by atoms with Gasteiger partial charge in [0.1, 0.15) is 0 Å². The number of ketones is 1. The predicted molar refractivity (Wildman–Crippen MR) is 72.9 cm³/mol. The Bertz CT molecular complexity index is 771. The van der Waals surface area contributed by atoms with Crippen LogP contribution in [0, 0.1) is 0 Å². The van der Waals surface area contributed by atoms with Crippen LogP contribution in [0.1, 0.15) is 18.1 Å². The van der Waals surface area contributed by atoms with E-state index in [1.807, 2.05) is 0 Å². The smallest absolute Gasteiger partial charge is 0.305 e. The highest BCUT2D eigenvalue weighted by Crippen LogP contribution is 2.37. The van der Waals surface area contributed by atoms with Crippen LogP contribution in [-0.2, 0) is 31.5 Å². The van der Waals surface area contributed by atoms with Crippen molar-refractivity contribution < 1.29 is 26.8 Å². The molecule has 6 nitrogen and oxygen atoms in total. The van der Waals surface area contributed by atoms with Gasteiger partial charge in [-0.2, -0.15) is 8.78 Å². The number of nitrogens with two attached hydrogens (primary N) is 1. The summed E-state index contributed by atoms with van der Waals surface area (Å²) in [5, 5.41) is 2.42. The molecule has 0 saturated heterocycles. The third-order valence-corrected chi connectivity index (χ3v) is 4.67. The highest BCUT2D eigenvalue weighted by Gasteiger charge is 2.57. The number of fused-ring (bicyclic) bond motifs is 1. The van der Waals surface area contributed by atoms with Crippen molar-refractivity contribution in [3.63, 3.8) is 0 Å². The lowest BCUT2D eigenvalue weighted by Gasteiger charge is -2.28. The van der Waals surface area contributed by atoms with Gasteiger partial charge in [-0.15, -0.1) is 0 Å². The number of carbonyl (C=O) groups is 2. The lowest BCUT2D eigenvalue weighted by atomic mass is 9.83. The molecule has 1 aliphatic heterocycles. The normalized spacial score (nSPS) is 21.5. The van der Waals surface area contributed by atoms with E-state index in [1.54, 1.807) is 0 Å². The van der Waals surface area contributed by atoms with E-state index >= 15 is 0 Å². The number of alkyl halides is 2. The average molecular weight is 332 g/mol. The molecule has 2 rings (SSSR count). The zero-order chi connectivity index (χ0) is 16.9. The average Bonchev–Trinajstić information content (AvgIpc) is 2.75. The Morgan fingerprint density at radius 3 is 2.41 bits per heavy atom. The minimum atomic E-state index is -3.78. The summed E-state index contributed by atoms with van der Waals surface area (Å²) < 4.78 is 49.9. The van der Waals surface area contributed by atoms with E-state index in [0.717, 1.165) is 12.3 Å². The van der Waals surface area contributed by atoms with Crippen molar-refractivity contribution in [1.29, 1.82) is 0 Å². The van der Waals surface area contributed by atoms with Gasteiger partial charge >= 0.3 is 5.92 Å². The summed E-state index contributed by atoms with van der Waals surface area (Å²) in [6.07, 6.45) is 0.990. The highest BCUT2D eigenvalue weighted by atomic mass is 32.2. The van der Waals surface area contributed by atoms with Crippen LogP contribution in [0.25, 0.3) is 0 Å². The molecule has 1 amide bonds. The Morgan fingerprint density at radius 2 is 1.95 bits per heavy atom. The van der Waals surface area contributed by atoms with E-state index < -0.39 is 33.0 Å². The fourth-order valence-corrected chi connectivity index (χ4v) is 3.17. The second-order valence-corrected chi connectivity index (χ2v) is 7.29. The number of halogens is 2. The maximum absolute atomic E-state index is 13.4. The number of hydrogen-bond acceptors (Lipinski definition) is 5. The number of nitrogens with one attached hydrogen (secondary N) is 1. The van der Waals surface area contributed by atoms with Crippen molar-refractivity contribution in [1.82, 2.24) is 5.32 Å². The molecule has 1 aromatic rings. The van der Waals surface area contributed by atoms with Crippen LogP contribution in [0.5, 0.6) is 0 Å². The second-order valence-electron chi connectivity index (χ2n) is 5.28. The molecule has 1 aliphatic rings. The standard InChI is InChI=1S/C13H14F2N2O4S/c1-12(14,15)10(18)13(11(16)19)9-4-3-8(22(2,20)21)5-7(9)6-17-13/h3-5,17H,6H2,1-2H3,(H2,16,19). The summed E-state index contributed by atoms with van der Waals surface area (Å²) in [7, 11) is -3.51. The Balaban J connectivity index is 2.67. The number of Topliss-reactive ketones (excluding diaryl/α,β-unsaturated/α-hetero) is 1. The van der Waals surface area contributed by atoms with Gasteiger partial charge in [0.15, 0.2) is 15.4 Å². The molecule has 0 saturated carbocycles. The monoisotopic (exact) mass is 332 g/mol. The molecule has 1 unspecified atom stereocenters. The van der Waals surface area contributed by atoms with E-state index in [4.69, 9.17) is 5.73 Å². The molecule has 22 heavy (non-hydrogen) atoms. The van der Waals surface area contributed by atoms with Crippen LogP contribution >= 0.6 is 0 Å². The van der Waals surface area contributed by atoms with Crippen molar-refractivity contribution in [2.75, 3.05) is 6.26 Å².